The summed E-state index contributed by atoms with van der Waals surface area (Å²) in [5.74, 6) is 0.0362. The van der Waals surface area contributed by atoms with Crippen LogP contribution in [0.15, 0.2) is 11.6 Å². The van der Waals surface area contributed by atoms with Gasteiger partial charge in [0.05, 0.1) is 0 Å². The minimum absolute atomic E-state index is 0.0854. The fraction of sp³-hybridized carbons (Fsp3) is 0.789. The molecule has 4 aliphatic carbocycles. The van der Waals surface area contributed by atoms with Gasteiger partial charge in [-0.2, -0.15) is 0 Å². The van der Waals surface area contributed by atoms with E-state index in [2.05, 4.69) is 6.92 Å². The first kappa shape index (κ1) is 14.6. The number of carbonyl (C=O) groups is 2. The van der Waals surface area contributed by atoms with Gasteiger partial charge in [-0.15, -0.1) is 0 Å². The molecular weight excluding hydrogens is 279 g/mol. The minimum atomic E-state index is -1.36. The Bertz CT molecular complexity index is 580. The monoisotopic (exact) mass is 304 g/mol. The summed E-state index contributed by atoms with van der Waals surface area (Å²) < 4.78 is 14.1. The molecule has 0 saturated heterocycles. The maximum Gasteiger partial charge on any atom is 0.173 e. The summed E-state index contributed by atoms with van der Waals surface area (Å²) in [7, 11) is 0. The van der Waals surface area contributed by atoms with Crippen molar-refractivity contribution in [3.05, 3.63) is 11.6 Å². The van der Waals surface area contributed by atoms with Crippen LogP contribution in [0.4, 0.5) is 4.39 Å². The molecule has 0 unspecified atom stereocenters. The maximum absolute atomic E-state index is 14.1. The van der Waals surface area contributed by atoms with Crippen LogP contribution in [0, 0.1) is 28.6 Å². The quantitative estimate of drug-likeness (QED) is 0.677. The Morgan fingerprint density at radius 2 is 1.86 bits per heavy atom. The van der Waals surface area contributed by atoms with E-state index in [9.17, 15) is 14.0 Å². The Morgan fingerprint density at radius 1 is 1.09 bits per heavy atom. The molecule has 0 aromatic rings. The Balaban J connectivity index is 1.78. The number of hydrogen-bond acceptors (Lipinski definition) is 2. The number of alkyl halides is 1. The molecule has 0 radical (unpaired) electrons. The van der Waals surface area contributed by atoms with Crippen LogP contribution in [-0.4, -0.2) is 17.7 Å². The zero-order chi connectivity index (χ0) is 15.7. The normalized spacial score (nSPS) is 51.0. The van der Waals surface area contributed by atoms with E-state index in [1.54, 1.807) is 0 Å². The number of carbonyl (C=O) groups excluding carboxylic acids is 2. The SMILES string of the molecule is C[C@]12CCCCC1=CC(=O)[C@@H]1[C@@H]2CC[C@]2(C)C(=O)[C@H](F)C[C@@H]12. The van der Waals surface area contributed by atoms with Crippen molar-refractivity contribution in [2.24, 2.45) is 28.6 Å². The average molecular weight is 304 g/mol. The summed E-state index contributed by atoms with van der Waals surface area (Å²) in [6.45, 7) is 4.22. The van der Waals surface area contributed by atoms with Gasteiger partial charge in [-0.1, -0.05) is 25.8 Å². The van der Waals surface area contributed by atoms with Crippen LogP contribution < -0.4 is 0 Å². The smallest absolute Gasteiger partial charge is 0.173 e. The molecule has 22 heavy (non-hydrogen) atoms. The third kappa shape index (κ3) is 1.66. The van der Waals surface area contributed by atoms with Gasteiger partial charge in [0.2, 0.25) is 0 Å². The maximum atomic E-state index is 14.1. The number of allylic oxidation sites excluding steroid dienone is 2. The summed E-state index contributed by atoms with van der Waals surface area (Å²) in [6.07, 6.45) is 7.02. The lowest BCUT2D eigenvalue weighted by molar-refractivity contribution is -0.140. The second-order valence-corrected chi connectivity index (χ2v) is 8.46. The fourth-order valence-corrected chi connectivity index (χ4v) is 6.19. The molecule has 0 aromatic carbocycles. The van der Waals surface area contributed by atoms with Crippen molar-refractivity contribution in [3.63, 3.8) is 0 Å². The molecule has 120 valence electrons. The summed E-state index contributed by atoms with van der Waals surface area (Å²) >= 11 is 0. The van der Waals surface area contributed by atoms with Gasteiger partial charge < -0.3 is 0 Å². The number of halogens is 1. The molecule has 0 amide bonds. The average Bonchev–Trinajstić information content (AvgIpc) is 2.71. The first-order valence-corrected chi connectivity index (χ1v) is 8.81. The van der Waals surface area contributed by atoms with E-state index in [4.69, 9.17) is 0 Å². The van der Waals surface area contributed by atoms with Gasteiger partial charge >= 0.3 is 0 Å². The second-order valence-electron chi connectivity index (χ2n) is 8.46. The van der Waals surface area contributed by atoms with E-state index in [1.807, 2.05) is 13.0 Å². The fourth-order valence-electron chi connectivity index (χ4n) is 6.19. The largest absolute Gasteiger partial charge is 0.296 e. The lowest BCUT2D eigenvalue weighted by Gasteiger charge is -2.55. The summed E-state index contributed by atoms with van der Waals surface area (Å²) in [5.41, 5.74) is 0.831. The Hall–Kier alpha value is -0.990. The predicted octanol–water partition coefficient (Wildman–Crippen LogP) is 4.04. The standard InChI is InChI=1S/C19H25FO2/c1-18-7-4-3-5-11(18)9-15(21)16-12(18)6-8-19(2)13(16)10-14(20)17(19)22/h9,12-14,16H,3-8,10H2,1-2H3/t12-,13-,14+,16+,18-,19-/m0/s1. The van der Waals surface area contributed by atoms with Gasteiger partial charge in [0.15, 0.2) is 17.7 Å². The van der Waals surface area contributed by atoms with E-state index < -0.39 is 11.6 Å². The van der Waals surface area contributed by atoms with E-state index in [0.717, 1.165) is 25.7 Å². The molecule has 6 atom stereocenters. The molecule has 3 fully saturated rings. The van der Waals surface area contributed by atoms with Crippen molar-refractivity contribution in [2.45, 2.75) is 65.0 Å². The van der Waals surface area contributed by atoms with Gasteiger partial charge in [0, 0.05) is 11.3 Å². The Labute approximate surface area is 131 Å². The van der Waals surface area contributed by atoms with Gasteiger partial charge in [-0.05, 0) is 61.9 Å². The minimum Gasteiger partial charge on any atom is -0.296 e. The van der Waals surface area contributed by atoms with Crippen LogP contribution >= 0.6 is 0 Å². The van der Waals surface area contributed by atoms with Crippen LogP contribution in [0.5, 0.6) is 0 Å². The molecule has 2 nitrogen and oxygen atoms in total. The van der Waals surface area contributed by atoms with Gasteiger partial charge in [-0.25, -0.2) is 4.39 Å². The molecule has 0 aromatic heterocycles. The summed E-state index contributed by atoms with van der Waals surface area (Å²) in [4.78, 5) is 25.1. The van der Waals surface area contributed by atoms with Gasteiger partial charge in [0.25, 0.3) is 0 Å². The van der Waals surface area contributed by atoms with Crippen LogP contribution in [0.1, 0.15) is 58.8 Å². The van der Waals surface area contributed by atoms with Crippen LogP contribution in [-0.2, 0) is 9.59 Å². The Kier molecular flexibility index (Phi) is 3.00. The first-order chi connectivity index (χ1) is 10.4. The highest BCUT2D eigenvalue weighted by Gasteiger charge is 2.63. The third-order valence-corrected chi connectivity index (χ3v) is 7.56. The van der Waals surface area contributed by atoms with E-state index in [1.165, 1.54) is 18.4 Å². The van der Waals surface area contributed by atoms with Crippen molar-refractivity contribution in [1.29, 1.82) is 0 Å². The highest BCUT2D eigenvalue weighted by atomic mass is 19.1. The zero-order valence-electron chi connectivity index (χ0n) is 13.5. The van der Waals surface area contributed by atoms with Gasteiger partial charge in [-0.3, -0.25) is 9.59 Å². The lowest BCUT2D eigenvalue weighted by atomic mass is 9.48. The summed E-state index contributed by atoms with van der Waals surface area (Å²) in [5, 5.41) is 0. The number of Topliss-reactive ketones (excluding diaryl/α,β-unsaturated/α-hetero) is 1. The molecular formula is C19H25FO2. The molecule has 3 saturated carbocycles. The number of ketones is 2. The topological polar surface area (TPSA) is 34.1 Å². The molecule has 0 heterocycles. The molecule has 0 N–H and O–H groups in total. The zero-order valence-corrected chi connectivity index (χ0v) is 13.5. The molecule has 4 rings (SSSR count). The van der Waals surface area contributed by atoms with Crippen LogP contribution in [0.25, 0.3) is 0 Å². The molecule has 3 heteroatoms. The van der Waals surface area contributed by atoms with Crippen LogP contribution in [0.3, 0.4) is 0 Å². The number of rotatable bonds is 0. The van der Waals surface area contributed by atoms with E-state index >= 15 is 0 Å². The third-order valence-electron chi connectivity index (χ3n) is 7.56. The lowest BCUT2D eigenvalue weighted by Crippen LogP contribution is -2.52. The number of hydrogen-bond donors (Lipinski definition) is 0. The van der Waals surface area contributed by atoms with Crippen molar-refractivity contribution in [2.75, 3.05) is 0 Å². The number of fused-ring (bicyclic) bond motifs is 5. The summed E-state index contributed by atoms with van der Waals surface area (Å²) in [6, 6.07) is 0. The molecule has 0 bridgehead atoms. The highest BCUT2D eigenvalue weighted by molar-refractivity contribution is 5.97. The first-order valence-electron chi connectivity index (χ1n) is 8.81. The van der Waals surface area contributed by atoms with Crippen molar-refractivity contribution < 1.29 is 14.0 Å². The molecule has 0 spiro atoms. The predicted molar refractivity (Wildman–Crippen MR) is 82.0 cm³/mol. The van der Waals surface area contributed by atoms with Crippen molar-refractivity contribution >= 4 is 11.6 Å². The van der Waals surface area contributed by atoms with Crippen LogP contribution in [0.2, 0.25) is 0 Å². The van der Waals surface area contributed by atoms with Gasteiger partial charge in [0.1, 0.15) is 0 Å². The van der Waals surface area contributed by atoms with Crippen molar-refractivity contribution in [3.8, 4) is 0 Å². The van der Waals surface area contributed by atoms with E-state index in [-0.39, 0.29) is 35.2 Å². The second kappa shape index (κ2) is 4.52. The Morgan fingerprint density at radius 3 is 2.64 bits per heavy atom. The highest BCUT2D eigenvalue weighted by Crippen LogP contribution is 2.63. The van der Waals surface area contributed by atoms with E-state index in [0.29, 0.717) is 5.92 Å². The van der Waals surface area contributed by atoms with Crippen molar-refractivity contribution in [1.82, 2.24) is 0 Å². The molecule has 0 aliphatic heterocycles. The molecule has 4 aliphatic rings.